The first-order valence-electron chi connectivity index (χ1n) is 12.0. The molecule has 9 nitrogen and oxygen atoms in total. The highest BCUT2D eigenvalue weighted by Crippen LogP contribution is 2.23. The maximum absolute atomic E-state index is 12.9. The Morgan fingerprint density at radius 1 is 1.00 bits per heavy atom. The van der Waals surface area contributed by atoms with Gasteiger partial charge in [0.25, 0.3) is 11.8 Å². The highest BCUT2D eigenvalue weighted by Gasteiger charge is 2.12. The second-order valence-corrected chi connectivity index (χ2v) is 8.83. The molecule has 4 aromatic rings. The van der Waals surface area contributed by atoms with Gasteiger partial charge in [-0.1, -0.05) is 24.3 Å². The summed E-state index contributed by atoms with van der Waals surface area (Å²) in [5.74, 6) is 0.496. The number of anilines is 2. The van der Waals surface area contributed by atoms with Gasteiger partial charge in [0, 0.05) is 29.7 Å². The van der Waals surface area contributed by atoms with Gasteiger partial charge in [0.2, 0.25) is 0 Å². The lowest BCUT2D eigenvalue weighted by Gasteiger charge is -2.12. The van der Waals surface area contributed by atoms with Crippen LogP contribution in [0.2, 0.25) is 0 Å². The van der Waals surface area contributed by atoms with Gasteiger partial charge in [-0.05, 0) is 68.5 Å². The third-order valence-corrected chi connectivity index (χ3v) is 5.69. The molecule has 0 bridgehead atoms. The number of benzene rings is 3. The third-order valence-electron chi connectivity index (χ3n) is 5.69. The molecule has 4 N–H and O–H groups in total. The number of nitrogens with zero attached hydrogens (tertiary/aromatic N) is 3. The predicted octanol–water partition coefficient (Wildman–Crippen LogP) is 3.92. The first-order chi connectivity index (χ1) is 17.9. The van der Waals surface area contributed by atoms with Crippen LogP contribution in [0.1, 0.15) is 32.7 Å². The van der Waals surface area contributed by atoms with E-state index in [0.717, 1.165) is 18.5 Å². The lowest BCUT2D eigenvalue weighted by molar-refractivity contribution is 0.0998. The lowest BCUT2D eigenvalue weighted by atomic mass is 10.1. The summed E-state index contributed by atoms with van der Waals surface area (Å²) in [7, 11) is 4.05. The number of fused-ring (bicyclic) bond motifs is 1. The van der Waals surface area contributed by atoms with Crippen LogP contribution in [0.4, 0.5) is 11.5 Å². The summed E-state index contributed by atoms with van der Waals surface area (Å²) < 4.78 is 5.79. The van der Waals surface area contributed by atoms with Gasteiger partial charge in [-0.3, -0.25) is 9.59 Å². The number of para-hydroxylation sites is 1. The Morgan fingerprint density at radius 2 is 1.81 bits per heavy atom. The summed E-state index contributed by atoms with van der Waals surface area (Å²) in [5, 5.41) is 6.94. The van der Waals surface area contributed by atoms with Crippen molar-refractivity contribution in [1.29, 1.82) is 0 Å². The Bertz CT molecular complexity index is 1410. The van der Waals surface area contributed by atoms with E-state index in [4.69, 9.17) is 10.5 Å². The molecule has 3 aromatic carbocycles. The van der Waals surface area contributed by atoms with Crippen LogP contribution in [0.5, 0.6) is 5.75 Å². The quantitative estimate of drug-likeness (QED) is 0.268. The third kappa shape index (κ3) is 6.80. The second kappa shape index (κ2) is 12.0. The Morgan fingerprint density at radius 3 is 2.62 bits per heavy atom. The van der Waals surface area contributed by atoms with E-state index in [0.29, 0.717) is 52.4 Å². The molecule has 0 saturated heterocycles. The summed E-state index contributed by atoms with van der Waals surface area (Å²) in [5.41, 5.74) is 8.45. The van der Waals surface area contributed by atoms with Crippen molar-refractivity contribution in [2.75, 3.05) is 37.9 Å². The minimum absolute atomic E-state index is 0.218. The van der Waals surface area contributed by atoms with E-state index < -0.39 is 5.91 Å². The molecule has 9 heteroatoms. The molecule has 0 radical (unpaired) electrons. The minimum Gasteiger partial charge on any atom is -0.494 e. The molecule has 0 aliphatic heterocycles. The minimum atomic E-state index is -0.542. The highest BCUT2D eigenvalue weighted by molar-refractivity contribution is 6.07. The van der Waals surface area contributed by atoms with Crippen LogP contribution in [-0.4, -0.2) is 53.9 Å². The Hall–Kier alpha value is -4.50. The van der Waals surface area contributed by atoms with E-state index >= 15 is 0 Å². The zero-order chi connectivity index (χ0) is 26.2. The Balaban J connectivity index is 1.40. The van der Waals surface area contributed by atoms with Gasteiger partial charge in [0.05, 0.1) is 17.7 Å². The number of nitrogens with two attached hydrogens (primary N) is 1. The summed E-state index contributed by atoms with van der Waals surface area (Å²) >= 11 is 0. The van der Waals surface area contributed by atoms with Crippen LogP contribution >= 0.6 is 0 Å². The Kier molecular flexibility index (Phi) is 8.27. The van der Waals surface area contributed by atoms with Gasteiger partial charge in [0.1, 0.15) is 17.9 Å². The van der Waals surface area contributed by atoms with E-state index in [9.17, 15) is 9.59 Å². The molecule has 2 amide bonds. The van der Waals surface area contributed by atoms with Crippen LogP contribution in [0.15, 0.2) is 73.1 Å². The molecule has 0 fully saturated rings. The second-order valence-electron chi connectivity index (χ2n) is 8.83. The van der Waals surface area contributed by atoms with E-state index in [1.807, 2.05) is 56.6 Å². The van der Waals surface area contributed by atoms with Crippen LogP contribution in [0, 0.1) is 0 Å². The SMILES string of the molecule is CN(C)CCCOc1cccc(C(=O)Nc2cccc(CNc3ncnc4c(C(N)=O)cccc34)c2)c1. The van der Waals surface area contributed by atoms with Crippen molar-refractivity contribution in [2.24, 2.45) is 5.73 Å². The number of hydrogen-bond donors (Lipinski definition) is 3. The van der Waals surface area contributed by atoms with Gasteiger partial charge in [-0.25, -0.2) is 9.97 Å². The van der Waals surface area contributed by atoms with E-state index in [1.165, 1.54) is 6.33 Å². The topological polar surface area (TPSA) is 122 Å². The first kappa shape index (κ1) is 25.6. The van der Waals surface area contributed by atoms with E-state index in [1.54, 1.807) is 24.3 Å². The summed E-state index contributed by atoms with van der Waals surface area (Å²) in [6.45, 7) is 1.98. The fourth-order valence-electron chi connectivity index (χ4n) is 3.87. The molecular weight excluding hydrogens is 468 g/mol. The largest absolute Gasteiger partial charge is 0.494 e. The van der Waals surface area contributed by atoms with Gasteiger partial charge in [0.15, 0.2) is 0 Å². The van der Waals surface area contributed by atoms with Crippen molar-refractivity contribution in [3.05, 3.63) is 89.7 Å². The van der Waals surface area contributed by atoms with Crippen molar-refractivity contribution >= 4 is 34.2 Å². The standard InChI is InChI=1S/C28H30N6O3/c1-34(2)13-6-14-37-22-10-4-8-20(16-22)28(36)33-21-9-3-7-19(15-21)17-30-27-24-12-5-11-23(26(29)35)25(24)31-18-32-27/h3-5,7-12,15-16,18H,6,13-14,17H2,1-2H3,(H2,29,35)(H,33,36)(H,30,31,32). The highest BCUT2D eigenvalue weighted by atomic mass is 16.5. The predicted molar refractivity (Wildman–Crippen MR) is 145 cm³/mol. The fourth-order valence-corrected chi connectivity index (χ4v) is 3.87. The molecule has 1 heterocycles. The normalized spacial score (nSPS) is 10.9. The van der Waals surface area contributed by atoms with Crippen LogP contribution in [0.25, 0.3) is 10.9 Å². The van der Waals surface area contributed by atoms with Crippen LogP contribution < -0.4 is 21.1 Å². The lowest BCUT2D eigenvalue weighted by Crippen LogP contribution is -2.16. The number of rotatable bonds is 11. The fraction of sp³-hybridized carbons (Fsp3) is 0.214. The number of primary amides is 1. The molecule has 190 valence electrons. The summed E-state index contributed by atoms with van der Waals surface area (Å²) in [6, 6.07) is 19.9. The van der Waals surface area contributed by atoms with Crippen LogP contribution in [0.3, 0.4) is 0 Å². The maximum atomic E-state index is 12.9. The molecule has 1 aromatic heterocycles. The van der Waals surface area contributed by atoms with Gasteiger partial charge >= 0.3 is 0 Å². The smallest absolute Gasteiger partial charge is 0.255 e. The number of nitrogens with one attached hydrogen (secondary N) is 2. The van der Waals surface area contributed by atoms with Crippen molar-refractivity contribution < 1.29 is 14.3 Å². The van der Waals surface area contributed by atoms with Crippen LogP contribution in [-0.2, 0) is 6.54 Å². The summed E-state index contributed by atoms with van der Waals surface area (Å²) in [6.07, 6.45) is 2.30. The molecule has 0 aliphatic rings. The van der Waals surface area contributed by atoms with Crippen molar-refractivity contribution in [3.63, 3.8) is 0 Å². The van der Waals surface area contributed by atoms with Crippen molar-refractivity contribution in [2.45, 2.75) is 13.0 Å². The number of carbonyl (C=O) groups excluding carboxylic acids is 2. The van der Waals surface area contributed by atoms with E-state index in [2.05, 4.69) is 25.5 Å². The molecule has 37 heavy (non-hydrogen) atoms. The number of aromatic nitrogens is 2. The number of amides is 2. The maximum Gasteiger partial charge on any atom is 0.255 e. The number of ether oxygens (including phenoxy) is 1. The molecule has 0 aliphatic carbocycles. The molecule has 0 spiro atoms. The molecule has 0 atom stereocenters. The molecule has 4 rings (SSSR count). The molecule has 0 unspecified atom stereocenters. The zero-order valence-electron chi connectivity index (χ0n) is 20.9. The van der Waals surface area contributed by atoms with Gasteiger partial charge in [-0.2, -0.15) is 0 Å². The van der Waals surface area contributed by atoms with Gasteiger partial charge in [-0.15, -0.1) is 0 Å². The first-order valence-corrected chi connectivity index (χ1v) is 12.0. The molecular formula is C28H30N6O3. The molecule has 0 saturated carbocycles. The number of carbonyl (C=O) groups is 2. The average Bonchev–Trinajstić information content (AvgIpc) is 2.89. The number of hydrogen-bond acceptors (Lipinski definition) is 7. The zero-order valence-corrected chi connectivity index (χ0v) is 20.9. The average molecular weight is 499 g/mol. The van der Waals surface area contributed by atoms with Crippen molar-refractivity contribution in [1.82, 2.24) is 14.9 Å². The monoisotopic (exact) mass is 498 g/mol. The van der Waals surface area contributed by atoms with Crippen molar-refractivity contribution in [3.8, 4) is 5.75 Å². The summed E-state index contributed by atoms with van der Waals surface area (Å²) in [4.78, 5) is 35.2. The van der Waals surface area contributed by atoms with Gasteiger partial charge < -0.3 is 26.0 Å². The van der Waals surface area contributed by atoms with E-state index in [-0.39, 0.29) is 5.91 Å². The Labute approximate surface area is 215 Å².